The Kier molecular flexibility index (Phi) is 5.80. The number of amides is 1. The third-order valence-electron chi connectivity index (χ3n) is 3.90. The number of fused-ring (bicyclic) bond motifs is 3. The number of hydrogen-bond donors (Lipinski definition) is 1. The van der Waals surface area contributed by atoms with Crippen LogP contribution in [0.5, 0.6) is 0 Å². The lowest BCUT2D eigenvalue weighted by Gasteiger charge is -2.09. The minimum absolute atomic E-state index is 0.0445. The molecule has 1 amide bonds. The van der Waals surface area contributed by atoms with Gasteiger partial charge in [-0.1, -0.05) is 6.92 Å². The number of nitrogens with zero attached hydrogens (tertiary/aromatic N) is 3. The second kappa shape index (κ2) is 8.05. The van der Waals surface area contributed by atoms with Gasteiger partial charge in [0.1, 0.15) is 17.9 Å². The Hall–Kier alpha value is -1.80. The number of nitrogens with one attached hydrogen (secondary N) is 1. The van der Waals surface area contributed by atoms with E-state index < -0.39 is 0 Å². The fraction of sp³-hybridized carbons (Fsp3) is 0.471. The maximum atomic E-state index is 12.6. The Balaban J connectivity index is 1.68. The van der Waals surface area contributed by atoms with Gasteiger partial charge in [-0.05, 0) is 48.8 Å². The van der Waals surface area contributed by atoms with Crippen LogP contribution in [-0.4, -0.2) is 38.1 Å². The number of aryl methyl sites for hydroxylation is 1. The van der Waals surface area contributed by atoms with Gasteiger partial charge in [-0.15, -0.1) is 11.3 Å². The second-order valence-corrected chi connectivity index (χ2v) is 8.03. The first-order chi connectivity index (χ1) is 12.1. The van der Waals surface area contributed by atoms with E-state index in [-0.39, 0.29) is 18.0 Å². The molecule has 0 spiro atoms. The molecule has 0 saturated heterocycles. The molecular formula is C17H22N4O2S2. The molecule has 0 aromatic carbocycles. The molecule has 0 aliphatic heterocycles. The van der Waals surface area contributed by atoms with Gasteiger partial charge in [0.15, 0.2) is 0 Å². The summed E-state index contributed by atoms with van der Waals surface area (Å²) in [6.45, 7) is 4.60. The van der Waals surface area contributed by atoms with Crippen molar-refractivity contribution >= 4 is 44.7 Å². The van der Waals surface area contributed by atoms with Crippen molar-refractivity contribution in [1.82, 2.24) is 19.5 Å². The monoisotopic (exact) mass is 378 g/mol. The average molecular weight is 379 g/mol. The van der Waals surface area contributed by atoms with Crippen LogP contribution in [0.4, 0.5) is 0 Å². The lowest BCUT2D eigenvalue weighted by Crippen LogP contribution is -2.35. The molecule has 8 heteroatoms. The maximum Gasteiger partial charge on any atom is 0.291 e. The molecule has 0 unspecified atom stereocenters. The summed E-state index contributed by atoms with van der Waals surface area (Å²) < 4.78 is 4.16. The lowest BCUT2D eigenvalue weighted by molar-refractivity contribution is -0.121. The molecule has 0 fully saturated rings. The largest absolute Gasteiger partial charge is 0.354 e. The summed E-state index contributed by atoms with van der Waals surface area (Å²) in [7, 11) is 0. The quantitative estimate of drug-likeness (QED) is 0.612. The van der Waals surface area contributed by atoms with Gasteiger partial charge >= 0.3 is 0 Å². The highest BCUT2D eigenvalue weighted by Crippen LogP contribution is 2.24. The molecule has 0 saturated carbocycles. The van der Waals surface area contributed by atoms with Crippen molar-refractivity contribution in [2.75, 3.05) is 18.1 Å². The smallest absolute Gasteiger partial charge is 0.291 e. The van der Waals surface area contributed by atoms with Gasteiger partial charge in [0.2, 0.25) is 5.91 Å². The molecule has 1 N–H and O–H groups in total. The van der Waals surface area contributed by atoms with Crippen molar-refractivity contribution in [1.29, 1.82) is 0 Å². The van der Waals surface area contributed by atoms with E-state index in [1.807, 2.05) is 40.6 Å². The summed E-state index contributed by atoms with van der Waals surface area (Å²) in [5.74, 6) is 2.72. The van der Waals surface area contributed by atoms with Gasteiger partial charge in [0, 0.05) is 6.54 Å². The molecule has 0 bridgehead atoms. The predicted molar refractivity (Wildman–Crippen MR) is 105 cm³/mol. The summed E-state index contributed by atoms with van der Waals surface area (Å²) in [5, 5.41) is 9.18. The number of carbonyl (C=O) groups is 1. The zero-order valence-corrected chi connectivity index (χ0v) is 16.1. The van der Waals surface area contributed by atoms with E-state index in [1.165, 1.54) is 11.1 Å². The van der Waals surface area contributed by atoms with Gasteiger partial charge in [0.25, 0.3) is 5.56 Å². The number of rotatable bonds is 8. The van der Waals surface area contributed by atoms with E-state index in [2.05, 4.69) is 17.3 Å². The van der Waals surface area contributed by atoms with Crippen LogP contribution in [0, 0.1) is 6.92 Å². The zero-order chi connectivity index (χ0) is 17.8. The van der Waals surface area contributed by atoms with Crippen molar-refractivity contribution in [2.24, 2.45) is 0 Å². The number of aromatic nitrogens is 3. The van der Waals surface area contributed by atoms with E-state index >= 15 is 0 Å². The van der Waals surface area contributed by atoms with Gasteiger partial charge < -0.3 is 5.32 Å². The van der Waals surface area contributed by atoms with E-state index in [9.17, 15) is 9.59 Å². The highest BCUT2D eigenvalue weighted by Gasteiger charge is 2.14. The molecule has 25 heavy (non-hydrogen) atoms. The second-order valence-electron chi connectivity index (χ2n) is 5.86. The Morgan fingerprint density at radius 3 is 3.00 bits per heavy atom. The first-order valence-corrected chi connectivity index (χ1v) is 10.5. The topological polar surface area (TPSA) is 68.4 Å². The number of carbonyl (C=O) groups excluding carboxylic acids is 1. The molecule has 0 atom stereocenters. The van der Waals surface area contributed by atoms with Crippen molar-refractivity contribution in [3.8, 4) is 0 Å². The van der Waals surface area contributed by atoms with Gasteiger partial charge in [-0.25, -0.2) is 4.68 Å². The molecule has 3 aromatic heterocycles. The van der Waals surface area contributed by atoms with Crippen LogP contribution in [0.3, 0.4) is 0 Å². The van der Waals surface area contributed by atoms with E-state index in [4.69, 9.17) is 0 Å². The molecule has 3 aromatic rings. The first kappa shape index (κ1) is 18.0. The minimum atomic E-state index is -0.234. The summed E-state index contributed by atoms with van der Waals surface area (Å²) >= 11 is 3.49. The Morgan fingerprint density at radius 1 is 1.36 bits per heavy atom. The van der Waals surface area contributed by atoms with Crippen molar-refractivity contribution in [2.45, 2.75) is 33.2 Å². The van der Waals surface area contributed by atoms with E-state index in [1.54, 1.807) is 11.3 Å². The standard InChI is InChI=1S/C17H22N4O2S2/c1-3-7-24-8-4-6-18-16(22)11-20-17(23)14-10-15-13(5-9-25-15)21(14)12(2)19-20/h5,9-10H,3-4,6-8,11H2,1-2H3,(H,18,22). The summed E-state index contributed by atoms with van der Waals surface area (Å²) in [5.41, 5.74) is 1.32. The SMILES string of the molecule is CCCSCCCNC(=O)Cn1nc(C)n2c(cc3sccc32)c1=O. The third kappa shape index (κ3) is 3.90. The van der Waals surface area contributed by atoms with Crippen molar-refractivity contribution < 1.29 is 4.79 Å². The highest BCUT2D eigenvalue weighted by molar-refractivity contribution is 7.99. The van der Waals surface area contributed by atoms with Crippen molar-refractivity contribution in [3.63, 3.8) is 0 Å². The van der Waals surface area contributed by atoms with Gasteiger partial charge in [-0.3, -0.25) is 14.0 Å². The summed E-state index contributed by atoms with van der Waals surface area (Å²) in [6, 6.07) is 3.85. The molecule has 0 aliphatic carbocycles. The average Bonchev–Trinajstić information content (AvgIpc) is 3.16. The van der Waals surface area contributed by atoms with Crippen LogP contribution in [0.15, 0.2) is 22.3 Å². The normalized spacial score (nSPS) is 11.4. The minimum Gasteiger partial charge on any atom is -0.354 e. The van der Waals surface area contributed by atoms with Crippen LogP contribution in [0.1, 0.15) is 25.6 Å². The molecule has 6 nitrogen and oxygen atoms in total. The zero-order valence-electron chi connectivity index (χ0n) is 14.4. The van der Waals surface area contributed by atoms with Crippen molar-refractivity contribution in [3.05, 3.63) is 33.7 Å². The van der Waals surface area contributed by atoms with Crippen LogP contribution >= 0.6 is 23.1 Å². The number of thioether (sulfide) groups is 1. The van der Waals surface area contributed by atoms with Crippen LogP contribution in [0.25, 0.3) is 15.7 Å². The number of thiophene rings is 1. The van der Waals surface area contributed by atoms with E-state index in [0.29, 0.717) is 17.9 Å². The molecule has 134 valence electrons. The molecule has 0 radical (unpaired) electrons. The van der Waals surface area contributed by atoms with E-state index in [0.717, 1.165) is 28.1 Å². The first-order valence-electron chi connectivity index (χ1n) is 8.42. The highest BCUT2D eigenvalue weighted by atomic mass is 32.2. The summed E-state index contributed by atoms with van der Waals surface area (Å²) in [4.78, 5) is 24.7. The molecular weight excluding hydrogens is 356 g/mol. The Morgan fingerprint density at radius 2 is 2.20 bits per heavy atom. The van der Waals surface area contributed by atoms with Crippen LogP contribution in [-0.2, 0) is 11.3 Å². The van der Waals surface area contributed by atoms with Gasteiger partial charge in [0.05, 0.1) is 10.2 Å². The fourth-order valence-corrected chi connectivity index (χ4v) is 4.42. The molecule has 0 aliphatic rings. The third-order valence-corrected chi connectivity index (χ3v) is 6.02. The number of hydrogen-bond acceptors (Lipinski definition) is 5. The Bertz CT molecular complexity index is 941. The summed E-state index contributed by atoms with van der Waals surface area (Å²) in [6.07, 6.45) is 2.11. The van der Waals surface area contributed by atoms with Crippen LogP contribution < -0.4 is 10.9 Å². The predicted octanol–water partition coefficient (Wildman–Crippen LogP) is 2.67. The fourth-order valence-electron chi connectivity index (χ4n) is 2.78. The molecule has 3 heterocycles. The molecule has 3 rings (SSSR count). The van der Waals surface area contributed by atoms with Crippen LogP contribution in [0.2, 0.25) is 0 Å². The maximum absolute atomic E-state index is 12.6. The Labute approximate surface area is 154 Å². The van der Waals surface area contributed by atoms with Gasteiger partial charge in [-0.2, -0.15) is 16.9 Å². The lowest BCUT2D eigenvalue weighted by atomic mass is 10.4.